The van der Waals surface area contributed by atoms with Crippen LogP contribution < -0.4 is 10.6 Å². The van der Waals surface area contributed by atoms with Gasteiger partial charge < -0.3 is 20.3 Å². The summed E-state index contributed by atoms with van der Waals surface area (Å²) in [6, 6.07) is 13.7. The minimum Gasteiger partial charge on any atom is -0.452 e. The average Bonchev–Trinajstić information content (AvgIpc) is 3.48. The van der Waals surface area contributed by atoms with Crippen LogP contribution in [0.15, 0.2) is 53.4 Å². The second-order valence-corrected chi connectivity index (χ2v) is 9.34. The molecule has 2 aromatic rings. The van der Waals surface area contributed by atoms with Gasteiger partial charge in [0.05, 0.1) is 11.3 Å². The van der Waals surface area contributed by atoms with Crippen molar-refractivity contribution in [3.05, 3.63) is 59.7 Å². The summed E-state index contributed by atoms with van der Waals surface area (Å²) in [6.07, 6.45) is 4.03. The van der Waals surface area contributed by atoms with Gasteiger partial charge in [-0.25, -0.2) is 4.79 Å². The van der Waals surface area contributed by atoms with Gasteiger partial charge in [0, 0.05) is 35.3 Å². The van der Waals surface area contributed by atoms with Crippen LogP contribution in [-0.4, -0.2) is 60.1 Å². The van der Waals surface area contributed by atoms with Crippen LogP contribution in [0, 0.1) is 0 Å². The maximum Gasteiger partial charge on any atom is 0.339 e. The second-order valence-electron chi connectivity index (χ2n) is 8.33. The molecular weight excluding hydrogens is 454 g/mol. The zero-order chi connectivity index (χ0) is 23.9. The maximum absolute atomic E-state index is 12.6. The Labute approximate surface area is 202 Å². The summed E-state index contributed by atoms with van der Waals surface area (Å²) < 4.78 is 5.21. The van der Waals surface area contributed by atoms with Gasteiger partial charge in [-0.2, -0.15) is 0 Å². The van der Waals surface area contributed by atoms with E-state index in [4.69, 9.17) is 4.74 Å². The van der Waals surface area contributed by atoms with Crippen LogP contribution in [0.1, 0.15) is 46.4 Å². The van der Waals surface area contributed by atoms with Crippen molar-refractivity contribution >= 4 is 41.1 Å². The molecule has 0 atom stereocenters. The number of hydrogen-bond acceptors (Lipinski definition) is 6. The highest BCUT2D eigenvalue weighted by molar-refractivity contribution is 8.00. The Kier molecular flexibility index (Phi) is 7.84. The van der Waals surface area contributed by atoms with E-state index < -0.39 is 18.5 Å². The number of rotatable bonds is 9. The van der Waals surface area contributed by atoms with E-state index in [1.165, 1.54) is 11.8 Å². The normalized spacial score (nSPS) is 15.0. The van der Waals surface area contributed by atoms with Gasteiger partial charge in [0.25, 0.3) is 11.8 Å². The predicted octanol–water partition coefficient (Wildman–Crippen LogP) is 3.09. The van der Waals surface area contributed by atoms with Crippen molar-refractivity contribution < 1.29 is 23.9 Å². The highest BCUT2D eigenvalue weighted by atomic mass is 32.2. The molecular formula is C25H27N3O5S. The molecule has 9 heteroatoms. The van der Waals surface area contributed by atoms with Crippen LogP contribution in [0.5, 0.6) is 0 Å². The fraction of sp³-hybridized carbons (Fsp3) is 0.360. The number of likely N-dealkylation sites (tertiary alicyclic amines) is 1. The quantitative estimate of drug-likeness (QED) is 0.421. The van der Waals surface area contributed by atoms with Crippen molar-refractivity contribution in [2.75, 3.05) is 30.8 Å². The summed E-state index contributed by atoms with van der Waals surface area (Å²) in [5.41, 5.74) is 1.21. The second kappa shape index (κ2) is 11.2. The number of amides is 3. The van der Waals surface area contributed by atoms with Crippen LogP contribution in [-0.2, 0) is 14.3 Å². The number of nitrogens with one attached hydrogen (secondary N) is 2. The van der Waals surface area contributed by atoms with Gasteiger partial charge in [-0.05, 0) is 56.0 Å². The summed E-state index contributed by atoms with van der Waals surface area (Å²) in [6.45, 7) is 1.10. The van der Waals surface area contributed by atoms with Gasteiger partial charge in [-0.1, -0.05) is 18.2 Å². The summed E-state index contributed by atoms with van der Waals surface area (Å²) in [7, 11) is 0. The lowest BCUT2D eigenvalue weighted by Gasteiger charge is -2.15. The summed E-state index contributed by atoms with van der Waals surface area (Å²) >= 11 is 1.29. The van der Waals surface area contributed by atoms with Gasteiger partial charge in [-0.15, -0.1) is 11.8 Å². The number of thioether (sulfide) groups is 1. The van der Waals surface area contributed by atoms with E-state index >= 15 is 0 Å². The molecule has 3 amide bonds. The Morgan fingerprint density at radius 1 is 1.00 bits per heavy atom. The van der Waals surface area contributed by atoms with Gasteiger partial charge in [-0.3, -0.25) is 14.4 Å². The molecule has 0 radical (unpaired) electrons. The number of anilines is 1. The largest absolute Gasteiger partial charge is 0.452 e. The molecule has 34 heavy (non-hydrogen) atoms. The van der Waals surface area contributed by atoms with E-state index in [1.807, 2.05) is 4.90 Å². The molecule has 0 spiro atoms. The van der Waals surface area contributed by atoms with Crippen molar-refractivity contribution in [3.63, 3.8) is 0 Å². The fourth-order valence-corrected chi connectivity index (χ4v) is 4.54. The Morgan fingerprint density at radius 2 is 1.76 bits per heavy atom. The number of benzene rings is 2. The number of ether oxygens (including phenoxy) is 1. The zero-order valence-electron chi connectivity index (χ0n) is 18.7. The summed E-state index contributed by atoms with van der Waals surface area (Å²) in [5, 5.41) is 5.55. The first kappa shape index (κ1) is 23.8. The van der Waals surface area contributed by atoms with Crippen molar-refractivity contribution in [2.45, 2.75) is 36.6 Å². The molecule has 2 aliphatic rings. The van der Waals surface area contributed by atoms with E-state index in [0.717, 1.165) is 38.8 Å². The third kappa shape index (κ3) is 6.60. The van der Waals surface area contributed by atoms with Crippen LogP contribution in [0.25, 0.3) is 0 Å². The fourth-order valence-electron chi connectivity index (χ4n) is 3.60. The van der Waals surface area contributed by atoms with Crippen LogP contribution in [0.4, 0.5) is 5.69 Å². The lowest BCUT2D eigenvalue weighted by atomic mass is 10.2. The van der Waals surface area contributed by atoms with E-state index in [9.17, 15) is 19.2 Å². The number of carbonyl (C=O) groups excluding carboxylic acids is 4. The number of esters is 1. The average molecular weight is 482 g/mol. The highest BCUT2D eigenvalue weighted by Crippen LogP contribution is 2.24. The molecule has 1 saturated heterocycles. The summed E-state index contributed by atoms with van der Waals surface area (Å²) in [5.74, 6) is -1.03. The first-order valence-corrected chi connectivity index (χ1v) is 12.4. The molecule has 2 aromatic carbocycles. The van der Waals surface area contributed by atoms with Gasteiger partial charge in [0.2, 0.25) is 5.91 Å². The molecule has 1 saturated carbocycles. The molecule has 178 valence electrons. The van der Waals surface area contributed by atoms with Crippen molar-refractivity contribution in [2.24, 2.45) is 0 Å². The lowest BCUT2D eigenvalue weighted by Crippen LogP contribution is -2.29. The molecule has 1 heterocycles. The van der Waals surface area contributed by atoms with Gasteiger partial charge in [0.15, 0.2) is 6.61 Å². The molecule has 0 aromatic heterocycles. The maximum atomic E-state index is 12.6. The van der Waals surface area contributed by atoms with E-state index in [0.29, 0.717) is 21.7 Å². The number of carbonyl (C=O) groups is 4. The van der Waals surface area contributed by atoms with E-state index in [-0.39, 0.29) is 23.6 Å². The van der Waals surface area contributed by atoms with E-state index in [1.54, 1.807) is 48.5 Å². The Hall–Kier alpha value is -3.33. The molecule has 4 rings (SSSR count). The highest BCUT2D eigenvalue weighted by Gasteiger charge is 2.24. The minimum atomic E-state index is -0.635. The predicted molar refractivity (Wildman–Crippen MR) is 129 cm³/mol. The smallest absolute Gasteiger partial charge is 0.339 e. The first-order chi connectivity index (χ1) is 16.5. The van der Waals surface area contributed by atoms with Crippen LogP contribution in [0.3, 0.4) is 0 Å². The Morgan fingerprint density at radius 3 is 2.53 bits per heavy atom. The van der Waals surface area contributed by atoms with Gasteiger partial charge in [0.1, 0.15) is 0 Å². The molecule has 0 bridgehead atoms. The number of nitrogens with zero attached hydrogens (tertiary/aromatic N) is 1. The third-order valence-electron chi connectivity index (χ3n) is 5.57. The van der Waals surface area contributed by atoms with Crippen LogP contribution in [0.2, 0.25) is 0 Å². The van der Waals surface area contributed by atoms with Crippen LogP contribution >= 0.6 is 11.8 Å². The molecule has 2 fully saturated rings. The number of hydrogen-bond donors (Lipinski definition) is 2. The molecule has 2 N–H and O–H groups in total. The molecule has 1 aliphatic carbocycles. The first-order valence-electron chi connectivity index (χ1n) is 11.4. The van der Waals surface area contributed by atoms with Crippen molar-refractivity contribution in [1.82, 2.24) is 10.2 Å². The van der Waals surface area contributed by atoms with Crippen molar-refractivity contribution in [3.8, 4) is 0 Å². The van der Waals surface area contributed by atoms with E-state index in [2.05, 4.69) is 10.6 Å². The standard InChI is InChI=1S/C25H27N3O5S/c29-22(26-19-7-5-6-17(14-19)24(31)27-18-10-11-18)15-33-25(32)20-8-1-2-9-21(20)34-16-23(30)28-12-3-4-13-28/h1-2,5-9,14,18H,3-4,10-13,15-16H2,(H,26,29)(H,27,31). The topological polar surface area (TPSA) is 105 Å². The lowest BCUT2D eigenvalue weighted by molar-refractivity contribution is -0.127. The summed E-state index contributed by atoms with van der Waals surface area (Å²) in [4.78, 5) is 51.9. The zero-order valence-corrected chi connectivity index (χ0v) is 19.6. The van der Waals surface area contributed by atoms with Crippen molar-refractivity contribution in [1.29, 1.82) is 0 Å². The third-order valence-corrected chi connectivity index (χ3v) is 6.63. The molecule has 8 nitrogen and oxygen atoms in total. The SMILES string of the molecule is O=C(COC(=O)c1ccccc1SCC(=O)N1CCCC1)Nc1cccc(C(=O)NC2CC2)c1. The molecule has 0 unspecified atom stereocenters. The Balaban J connectivity index is 1.28. The van der Waals surface area contributed by atoms with Gasteiger partial charge >= 0.3 is 5.97 Å². The molecule has 1 aliphatic heterocycles. The Bertz CT molecular complexity index is 1080. The monoisotopic (exact) mass is 481 g/mol. The minimum absolute atomic E-state index is 0.0538.